The normalized spacial score (nSPS) is 13.5. The number of phosphoric ester groups is 1. The molecule has 1 unspecified atom stereocenters. The molecule has 0 aromatic rings. The number of unbranched alkanes of at least 4 members (excludes halogenated alkanes) is 36. The van der Waals surface area contributed by atoms with Crippen molar-refractivity contribution in [2.45, 2.75) is 270 Å². The highest BCUT2D eigenvalue weighted by Crippen LogP contribution is 2.43. The molecule has 364 valence electrons. The summed E-state index contributed by atoms with van der Waals surface area (Å²) in [7, 11) is 1.65. The molecular formula is C52H105NO7P+. The summed E-state index contributed by atoms with van der Waals surface area (Å²) in [6.45, 7) is 4.99. The Morgan fingerprint density at radius 1 is 0.508 bits per heavy atom. The molecule has 2 atom stereocenters. The maximum atomic E-state index is 12.8. The van der Waals surface area contributed by atoms with E-state index in [1.165, 1.54) is 212 Å². The van der Waals surface area contributed by atoms with Crippen molar-refractivity contribution in [2.24, 2.45) is 0 Å². The van der Waals surface area contributed by atoms with Crippen molar-refractivity contribution in [3.63, 3.8) is 0 Å². The van der Waals surface area contributed by atoms with Crippen LogP contribution in [-0.2, 0) is 27.9 Å². The number of rotatable bonds is 50. The lowest BCUT2D eigenvalue weighted by atomic mass is 10.0. The molecule has 0 aromatic carbocycles. The Morgan fingerprint density at radius 2 is 0.852 bits per heavy atom. The summed E-state index contributed by atoms with van der Waals surface area (Å²) < 4.78 is 34.9. The van der Waals surface area contributed by atoms with Crippen LogP contribution in [0.3, 0.4) is 0 Å². The molecule has 0 radical (unpaired) electrons. The third-order valence-electron chi connectivity index (χ3n) is 11.9. The molecular weight excluding hydrogens is 782 g/mol. The topological polar surface area (TPSA) is 91.3 Å². The second-order valence-electron chi connectivity index (χ2n) is 19.3. The quantitative estimate of drug-likeness (QED) is 0.0214. The summed E-state index contributed by atoms with van der Waals surface area (Å²) in [5, 5.41) is 0. The monoisotopic (exact) mass is 887 g/mol. The molecule has 0 fully saturated rings. The van der Waals surface area contributed by atoms with E-state index in [2.05, 4.69) is 13.8 Å². The van der Waals surface area contributed by atoms with Gasteiger partial charge in [0.2, 0.25) is 0 Å². The Morgan fingerprint density at radius 3 is 1.21 bits per heavy atom. The number of carbonyl (C=O) groups is 1. The van der Waals surface area contributed by atoms with E-state index in [0.717, 1.165) is 32.1 Å². The molecule has 0 heterocycles. The Balaban J connectivity index is 4.09. The number of hydrogen-bond acceptors (Lipinski definition) is 6. The minimum Gasteiger partial charge on any atom is -0.498 e. The smallest absolute Gasteiger partial charge is 0.472 e. The molecule has 0 saturated carbocycles. The van der Waals surface area contributed by atoms with Crippen LogP contribution in [0.15, 0.2) is 12.3 Å². The first kappa shape index (κ1) is 60.1. The van der Waals surface area contributed by atoms with Crippen LogP contribution in [0.25, 0.3) is 0 Å². The van der Waals surface area contributed by atoms with Crippen molar-refractivity contribution in [1.82, 2.24) is 0 Å². The second-order valence-corrected chi connectivity index (χ2v) is 20.8. The van der Waals surface area contributed by atoms with Crippen LogP contribution in [-0.4, -0.2) is 69.0 Å². The predicted octanol–water partition coefficient (Wildman–Crippen LogP) is 16.5. The van der Waals surface area contributed by atoms with Gasteiger partial charge in [0.15, 0.2) is 6.10 Å². The molecule has 0 aliphatic rings. The molecule has 0 saturated heterocycles. The summed E-state index contributed by atoms with van der Waals surface area (Å²) in [6.07, 6.45) is 53.6. The number of carbonyl (C=O) groups excluding carboxylic acids is 1. The first-order valence-corrected chi connectivity index (χ1v) is 28.0. The zero-order chi connectivity index (χ0) is 44.8. The lowest BCUT2D eigenvalue weighted by Gasteiger charge is -2.24. The summed E-state index contributed by atoms with van der Waals surface area (Å²) in [5.41, 5.74) is 0. The van der Waals surface area contributed by atoms with Gasteiger partial charge in [-0.1, -0.05) is 239 Å². The molecule has 0 aromatic heterocycles. The summed E-state index contributed by atoms with van der Waals surface area (Å²) >= 11 is 0. The number of hydrogen-bond donors (Lipinski definition) is 1. The molecule has 0 amide bonds. The van der Waals surface area contributed by atoms with Crippen molar-refractivity contribution in [2.75, 3.05) is 47.5 Å². The van der Waals surface area contributed by atoms with E-state index in [1.54, 1.807) is 6.26 Å². The molecule has 0 spiro atoms. The van der Waals surface area contributed by atoms with Gasteiger partial charge in [-0.25, -0.2) is 4.57 Å². The van der Waals surface area contributed by atoms with Crippen LogP contribution in [0.2, 0.25) is 0 Å². The number of nitrogens with zero attached hydrogens (tertiary/aromatic N) is 1. The van der Waals surface area contributed by atoms with E-state index in [0.29, 0.717) is 17.4 Å². The highest BCUT2D eigenvalue weighted by Gasteiger charge is 2.26. The first-order valence-electron chi connectivity index (χ1n) is 26.5. The Hall–Kier alpha value is -0.920. The minimum absolute atomic E-state index is 0.0548. The van der Waals surface area contributed by atoms with Crippen LogP contribution in [0.4, 0.5) is 0 Å². The van der Waals surface area contributed by atoms with E-state index >= 15 is 0 Å². The van der Waals surface area contributed by atoms with Gasteiger partial charge in [-0.3, -0.25) is 13.8 Å². The van der Waals surface area contributed by atoms with Gasteiger partial charge < -0.3 is 18.9 Å². The van der Waals surface area contributed by atoms with Crippen molar-refractivity contribution in [1.29, 1.82) is 0 Å². The maximum Gasteiger partial charge on any atom is 0.472 e. The SMILES string of the molecule is CCCCCCCCCCCCCCCC/C=C/OC[C@H](COP(=O)(O)OCC[N+](C)(C)C)OC(=O)CCCCCCCCCCCCCCCCCCCCCCCCC. The summed E-state index contributed by atoms with van der Waals surface area (Å²) in [5.74, 6) is -0.328. The highest BCUT2D eigenvalue weighted by molar-refractivity contribution is 7.47. The maximum absolute atomic E-state index is 12.8. The van der Waals surface area contributed by atoms with Gasteiger partial charge in [0, 0.05) is 6.42 Å². The predicted molar refractivity (Wildman–Crippen MR) is 261 cm³/mol. The van der Waals surface area contributed by atoms with Crippen molar-refractivity contribution >= 4 is 13.8 Å². The molecule has 1 N–H and O–H groups in total. The lowest BCUT2D eigenvalue weighted by molar-refractivity contribution is -0.870. The number of allylic oxidation sites excluding steroid dienone is 1. The second kappa shape index (κ2) is 45.6. The molecule has 61 heavy (non-hydrogen) atoms. The minimum atomic E-state index is -4.29. The third-order valence-corrected chi connectivity index (χ3v) is 12.9. The summed E-state index contributed by atoms with van der Waals surface area (Å²) in [6, 6.07) is 0. The zero-order valence-corrected chi connectivity index (χ0v) is 42.3. The molecule has 0 rings (SSSR count). The fourth-order valence-electron chi connectivity index (χ4n) is 7.82. The highest BCUT2D eigenvalue weighted by atomic mass is 31.2. The number of ether oxygens (including phenoxy) is 2. The van der Waals surface area contributed by atoms with Crippen LogP contribution < -0.4 is 0 Å². The number of quaternary nitrogens is 1. The standard InChI is InChI=1S/C52H104NO7P/c1-6-8-10-12-14-16-18-20-22-24-25-26-27-28-29-30-31-33-35-37-39-41-43-45-52(54)60-51(50-59-61(55,56)58-48-46-53(3,4)5)49-57-47-44-42-40-38-36-34-32-23-21-19-17-15-13-11-9-7-2/h44,47,51H,6-43,45-46,48-50H2,1-5H3/p+1/b47-44+/t51-/m1/s1. The number of phosphoric acid groups is 1. The van der Waals surface area contributed by atoms with Gasteiger partial charge >= 0.3 is 13.8 Å². The van der Waals surface area contributed by atoms with E-state index in [9.17, 15) is 14.3 Å². The zero-order valence-electron chi connectivity index (χ0n) is 41.4. The van der Waals surface area contributed by atoms with Crippen LogP contribution in [0.5, 0.6) is 0 Å². The Labute approximate surface area is 380 Å². The fourth-order valence-corrected chi connectivity index (χ4v) is 8.56. The van der Waals surface area contributed by atoms with Crippen LogP contribution in [0.1, 0.15) is 264 Å². The first-order chi connectivity index (χ1) is 29.6. The van der Waals surface area contributed by atoms with E-state index in [4.69, 9.17) is 18.5 Å². The van der Waals surface area contributed by atoms with Gasteiger partial charge in [-0.15, -0.1) is 0 Å². The third kappa shape index (κ3) is 49.9. The average Bonchev–Trinajstić information content (AvgIpc) is 3.22. The molecule has 0 bridgehead atoms. The Bertz CT molecular complexity index is 987. The van der Waals surface area contributed by atoms with Crippen molar-refractivity contribution in [3.05, 3.63) is 12.3 Å². The van der Waals surface area contributed by atoms with Gasteiger partial charge in [-0.05, 0) is 25.3 Å². The molecule has 0 aliphatic carbocycles. The number of likely N-dealkylation sites (N-methyl/N-ethyl adjacent to an activating group) is 1. The fraction of sp³-hybridized carbons (Fsp3) is 0.942. The number of esters is 1. The summed E-state index contributed by atoms with van der Waals surface area (Å²) in [4.78, 5) is 23.0. The molecule has 8 nitrogen and oxygen atoms in total. The average molecular weight is 887 g/mol. The lowest BCUT2D eigenvalue weighted by Crippen LogP contribution is -2.37. The van der Waals surface area contributed by atoms with Crippen LogP contribution >= 0.6 is 7.82 Å². The van der Waals surface area contributed by atoms with E-state index in [1.807, 2.05) is 27.2 Å². The van der Waals surface area contributed by atoms with Crippen molar-refractivity contribution < 1.29 is 37.3 Å². The largest absolute Gasteiger partial charge is 0.498 e. The van der Waals surface area contributed by atoms with Gasteiger partial charge in [-0.2, -0.15) is 0 Å². The molecule has 9 heteroatoms. The molecule has 0 aliphatic heterocycles. The van der Waals surface area contributed by atoms with Crippen LogP contribution in [0, 0.1) is 0 Å². The van der Waals surface area contributed by atoms with E-state index < -0.39 is 13.9 Å². The van der Waals surface area contributed by atoms with Gasteiger partial charge in [0.25, 0.3) is 0 Å². The van der Waals surface area contributed by atoms with Gasteiger partial charge in [0.05, 0.1) is 34.0 Å². The Kier molecular flexibility index (Phi) is 45.0. The van der Waals surface area contributed by atoms with Crippen molar-refractivity contribution in [3.8, 4) is 0 Å². The van der Waals surface area contributed by atoms with E-state index in [-0.39, 0.29) is 25.8 Å². The van der Waals surface area contributed by atoms with Gasteiger partial charge in [0.1, 0.15) is 19.8 Å².